The maximum absolute atomic E-state index is 9.41. The number of rotatable bonds is 6. The summed E-state index contributed by atoms with van der Waals surface area (Å²) in [5.74, 6) is 0.907. The van der Waals surface area contributed by atoms with E-state index in [4.69, 9.17) is 0 Å². The number of hydrogen-bond donors (Lipinski definition) is 2. The summed E-state index contributed by atoms with van der Waals surface area (Å²) in [5, 5.41) is 22.1. The third-order valence-electron chi connectivity index (χ3n) is 4.41. The van der Waals surface area contributed by atoms with E-state index < -0.39 is 0 Å². The molecule has 3 nitrogen and oxygen atoms in total. The van der Waals surface area contributed by atoms with Gasteiger partial charge in [-0.1, -0.05) is 43.2 Å². The number of nitriles is 1. The Hall–Kier alpha value is -1.37. The van der Waals surface area contributed by atoms with Crippen molar-refractivity contribution in [3.05, 3.63) is 35.9 Å². The first kappa shape index (κ1) is 15.0. The molecule has 0 saturated heterocycles. The number of benzene rings is 1. The van der Waals surface area contributed by atoms with Crippen LogP contribution in [0.1, 0.15) is 37.2 Å². The molecule has 0 heterocycles. The van der Waals surface area contributed by atoms with E-state index in [1.54, 1.807) is 0 Å². The maximum Gasteiger partial charge on any atom is 0.0837 e. The lowest BCUT2D eigenvalue weighted by molar-refractivity contribution is 0.133. The van der Waals surface area contributed by atoms with Gasteiger partial charge < -0.3 is 10.4 Å². The van der Waals surface area contributed by atoms with E-state index in [-0.39, 0.29) is 5.92 Å². The molecule has 0 amide bonds. The highest BCUT2D eigenvalue weighted by Gasteiger charge is 2.24. The monoisotopic (exact) mass is 272 g/mol. The predicted octanol–water partition coefficient (Wildman–Crippen LogP) is 2.68. The zero-order valence-electron chi connectivity index (χ0n) is 12.0. The van der Waals surface area contributed by atoms with E-state index in [1.807, 2.05) is 30.3 Å². The van der Waals surface area contributed by atoms with E-state index in [1.165, 1.54) is 19.3 Å². The van der Waals surface area contributed by atoms with Crippen molar-refractivity contribution >= 4 is 0 Å². The quantitative estimate of drug-likeness (QED) is 0.837. The molecule has 1 fully saturated rings. The third kappa shape index (κ3) is 4.06. The van der Waals surface area contributed by atoms with E-state index in [9.17, 15) is 10.4 Å². The van der Waals surface area contributed by atoms with Crippen LogP contribution in [0.3, 0.4) is 0 Å². The first-order chi connectivity index (χ1) is 9.85. The van der Waals surface area contributed by atoms with E-state index >= 15 is 0 Å². The average Bonchev–Trinajstić information content (AvgIpc) is 2.53. The van der Waals surface area contributed by atoms with Crippen molar-refractivity contribution in [2.45, 2.75) is 31.6 Å². The Balaban J connectivity index is 1.81. The van der Waals surface area contributed by atoms with Crippen LogP contribution < -0.4 is 5.32 Å². The van der Waals surface area contributed by atoms with Gasteiger partial charge in [0.2, 0.25) is 0 Å². The number of nitrogens with zero attached hydrogens (tertiary/aromatic N) is 1. The highest BCUT2D eigenvalue weighted by Crippen LogP contribution is 2.29. The van der Waals surface area contributed by atoms with Gasteiger partial charge in [0.25, 0.3) is 0 Å². The summed E-state index contributed by atoms with van der Waals surface area (Å²) in [6.45, 7) is 1.90. The molecular weight excluding hydrogens is 248 g/mol. The zero-order chi connectivity index (χ0) is 14.2. The van der Waals surface area contributed by atoms with Gasteiger partial charge in [0.05, 0.1) is 12.0 Å². The largest absolute Gasteiger partial charge is 0.396 e. The minimum atomic E-state index is -0.0904. The van der Waals surface area contributed by atoms with Gasteiger partial charge in [-0.25, -0.2) is 0 Å². The van der Waals surface area contributed by atoms with Crippen molar-refractivity contribution in [3.8, 4) is 6.07 Å². The molecule has 3 atom stereocenters. The molecule has 0 radical (unpaired) electrons. The van der Waals surface area contributed by atoms with Crippen LogP contribution in [-0.4, -0.2) is 24.8 Å². The molecule has 2 rings (SSSR count). The van der Waals surface area contributed by atoms with Crippen molar-refractivity contribution in [3.63, 3.8) is 0 Å². The number of aliphatic hydroxyl groups excluding tert-OH is 1. The van der Waals surface area contributed by atoms with Crippen LogP contribution in [0, 0.1) is 23.2 Å². The first-order valence-corrected chi connectivity index (χ1v) is 7.61. The van der Waals surface area contributed by atoms with Crippen molar-refractivity contribution < 1.29 is 5.11 Å². The lowest BCUT2D eigenvalue weighted by Crippen LogP contribution is -2.34. The number of hydrogen-bond acceptors (Lipinski definition) is 3. The van der Waals surface area contributed by atoms with Gasteiger partial charge in [0.15, 0.2) is 0 Å². The molecule has 1 aliphatic carbocycles. The fourth-order valence-electron chi connectivity index (χ4n) is 3.13. The van der Waals surface area contributed by atoms with Crippen LogP contribution in [0.2, 0.25) is 0 Å². The van der Waals surface area contributed by atoms with Crippen LogP contribution >= 0.6 is 0 Å². The van der Waals surface area contributed by atoms with Crippen LogP contribution in [0.5, 0.6) is 0 Å². The van der Waals surface area contributed by atoms with Gasteiger partial charge in [-0.05, 0) is 36.8 Å². The summed E-state index contributed by atoms with van der Waals surface area (Å²) in [6.07, 6.45) is 4.85. The molecule has 1 aliphatic rings. The van der Waals surface area contributed by atoms with E-state index in [0.717, 1.165) is 18.5 Å². The maximum atomic E-state index is 9.41. The Bertz CT molecular complexity index is 426. The Labute approximate surface area is 121 Å². The summed E-state index contributed by atoms with van der Waals surface area (Å²) >= 11 is 0. The van der Waals surface area contributed by atoms with Crippen LogP contribution in [0.4, 0.5) is 0 Å². The van der Waals surface area contributed by atoms with Gasteiger partial charge in [0.1, 0.15) is 0 Å². The van der Waals surface area contributed by atoms with Crippen LogP contribution in [0.15, 0.2) is 30.3 Å². The second-order valence-corrected chi connectivity index (χ2v) is 5.74. The molecule has 0 bridgehead atoms. The van der Waals surface area contributed by atoms with Crippen LogP contribution in [0.25, 0.3) is 0 Å². The fourth-order valence-corrected chi connectivity index (χ4v) is 3.13. The molecule has 3 unspecified atom stereocenters. The fraction of sp³-hybridized carbons (Fsp3) is 0.588. The summed E-state index contributed by atoms with van der Waals surface area (Å²) in [5.41, 5.74) is 1.07. The molecule has 20 heavy (non-hydrogen) atoms. The van der Waals surface area contributed by atoms with Gasteiger partial charge in [-0.3, -0.25) is 0 Å². The normalized spacial score (nSPS) is 24.0. The Morgan fingerprint density at radius 2 is 1.90 bits per heavy atom. The minimum absolute atomic E-state index is 0.0904. The van der Waals surface area contributed by atoms with Crippen molar-refractivity contribution in [2.24, 2.45) is 11.8 Å². The summed E-state index contributed by atoms with van der Waals surface area (Å²) in [7, 11) is 0. The molecule has 2 N–H and O–H groups in total. The van der Waals surface area contributed by atoms with Gasteiger partial charge in [-0.15, -0.1) is 0 Å². The minimum Gasteiger partial charge on any atom is -0.396 e. The van der Waals surface area contributed by atoms with Gasteiger partial charge in [0, 0.05) is 13.2 Å². The molecule has 1 aromatic rings. The second kappa shape index (κ2) is 8.04. The molecule has 3 heteroatoms. The molecular formula is C17H24N2O. The van der Waals surface area contributed by atoms with E-state index in [2.05, 4.69) is 11.4 Å². The van der Waals surface area contributed by atoms with Crippen molar-refractivity contribution in [1.82, 2.24) is 5.32 Å². The van der Waals surface area contributed by atoms with Crippen molar-refractivity contribution in [1.29, 1.82) is 5.26 Å². The second-order valence-electron chi connectivity index (χ2n) is 5.74. The van der Waals surface area contributed by atoms with Crippen LogP contribution in [-0.2, 0) is 0 Å². The Kier molecular flexibility index (Phi) is 6.04. The van der Waals surface area contributed by atoms with Gasteiger partial charge >= 0.3 is 0 Å². The molecule has 0 aliphatic heterocycles. The standard InChI is InChI=1S/C17H24N2O/c18-10-17(14-6-2-1-3-7-14)12-19-11-15-8-4-5-9-16(15)13-20/h1-3,6-7,15-17,19-20H,4-5,8-9,11-13H2. The van der Waals surface area contributed by atoms with E-state index in [0.29, 0.717) is 25.0 Å². The Morgan fingerprint density at radius 3 is 2.55 bits per heavy atom. The third-order valence-corrected chi connectivity index (χ3v) is 4.41. The molecule has 108 valence electrons. The first-order valence-electron chi connectivity index (χ1n) is 7.61. The number of aliphatic hydroxyl groups is 1. The predicted molar refractivity (Wildman–Crippen MR) is 80.2 cm³/mol. The summed E-state index contributed by atoms with van der Waals surface area (Å²) in [6, 6.07) is 12.3. The SMILES string of the molecule is N#CC(CNCC1CCCCC1CO)c1ccccc1. The molecule has 0 spiro atoms. The Morgan fingerprint density at radius 1 is 1.20 bits per heavy atom. The highest BCUT2D eigenvalue weighted by molar-refractivity contribution is 5.24. The summed E-state index contributed by atoms with van der Waals surface area (Å²) < 4.78 is 0. The molecule has 1 saturated carbocycles. The lowest BCUT2D eigenvalue weighted by Gasteiger charge is -2.30. The lowest BCUT2D eigenvalue weighted by atomic mass is 9.79. The highest BCUT2D eigenvalue weighted by atomic mass is 16.3. The molecule has 1 aromatic carbocycles. The van der Waals surface area contributed by atoms with Gasteiger partial charge in [-0.2, -0.15) is 5.26 Å². The van der Waals surface area contributed by atoms with Crippen molar-refractivity contribution in [2.75, 3.05) is 19.7 Å². The topological polar surface area (TPSA) is 56.0 Å². The average molecular weight is 272 g/mol. The smallest absolute Gasteiger partial charge is 0.0837 e. The number of nitrogens with one attached hydrogen (secondary N) is 1. The zero-order valence-corrected chi connectivity index (χ0v) is 12.0. The summed E-state index contributed by atoms with van der Waals surface area (Å²) in [4.78, 5) is 0. The molecule has 0 aromatic heterocycles.